The molecule has 0 unspecified atom stereocenters. The Morgan fingerprint density at radius 2 is 1.03 bits per heavy atom. The number of halogens is 6. The van der Waals surface area contributed by atoms with Crippen molar-refractivity contribution >= 4 is 12.2 Å². The van der Waals surface area contributed by atoms with Crippen LogP contribution in [0.1, 0.15) is 104 Å². The molecule has 39 heavy (non-hydrogen) atoms. The topological polar surface area (TPSA) is 0 Å². The van der Waals surface area contributed by atoms with Gasteiger partial charge in [0.1, 0.15) is 0 Å². The smallest absolute Gasteiger partial charge is 0.166 e. The van der Waals surface area contributed by atoms with E-state index >= 15 is 4.39 Å². The lowest BCUT2D eigenvalue weighted by atomic mass is 9.75. The van der Waals surface area contributed by atoms with Crippen molar-refractivity contribution in [2.75, 3.05) is 0 Å². The third-order valence-corrected chi connectivity index (χ3v) is 8.01. The van der Waals surface area contributed by atoms with Crippen LogP contribution in [-0.2, 0) is 12.8 Å². The van der Waals surface area contributed by atoms with Gasteiger partial charge in [0.25, 0.3) is 0 Å². The molecule has 0 N–H and O–H groups in total. The number of rotatable bonds is 9. The molecule has 1 aliphatic carbocycles. The van der Waals surface area contributed by atoms with Gasteiger partial charge in [-0.25, -0.2) is 26.3 Å². The third-order valence-electron chi connectivity index (χ3n) is 8.01. The highest BCUT2D eigenvalue weighted by atomic mass is 19.2. The zero-order valence-corrected chi connectivity index (χ0v) is 22.4. The minimum Gasteiger partial charge on any atom is -0.203 e. The molecule has 0 aromatic heterocycles. The molecule has 3 aromatic rings. The summed E-state index contributed by atoms with van der Waals surface area (Å²) in [4.78, 5) is 0. The van der Waals surface area contributed by atoms with Crippen LogP contribution in [0.4, 0.5) is 26.3 Å². The number of unbranched alkanes of at least 4 members (excludes halogenated alkanes) is 2. The third kappa shape index (κ3) is 6.26. The number of hydrogen-bond donors (Lipinski definition) is 0. The Morgan fingerprint density at radius 3 is 1.59 bits per heavy atom. The fourth-order valence-corrected chi connectivity index (χ4v) is 5.60. The average Bonchev–Trinajstić information content (AvgIpc) is 2.94. The quantitative estimate of drug-likeness (QED) is 0.143. The summed E-state index contributed by atoms with van der Waals surface area (Å²) in [7, 11) is 0. The Balaban J connectivity index is 1.45. The number of hydrogen-bond acceptors (Lipinski definition) is 0. The monoisotopic (exact) mass is 544 g/mol. The van der Waals surface area contributed by atoms with Crippen LogP contribution in [0.5, 0.6) is 0 Å². The largest absolute Gasteiger partial charge is 0.203 e. The van der Waals surface area contributed by atoms with Crippen LogP contribution in [0.2, 0.25) is 0 Å². The normalized spacial score (nSPS) is 17.7. The van der Waals surface area contributed by atoms with Crippen molar-refractivity contribution in [1.82, 2.24) is 0 Å². The first-order valence-corrected chi connectivity index (χ1v) is 13.9. The van der Waals surface area contributed by atoms with Gasteiger partial charge in [-0.3, -0.25) is 0 Å². The molecule has 0 heterocycles. The molecule has 1 aliphatic rings. The van der Waals surface area contributed by atoms with Crippen molar-refractivity contribution in [2.45, 2.75) is 83.5 Å². The Labute approximate surface area is 226 Å². The molecule has 0 aliphatic heterocycles. The Morgan fingerprint density at radius 1 is 0.564 bits per heavy atom. The highest BCUT2D eigenvalue weighted by molar-refractivity contribution is 5.70. The second kappa shape index (κ2) is 12.9. The Hall–Kier alpha value is -3.02. The van der Waals surface area contributed by atoms with E-state index in [9.17, 15) is 22.0 Å². The molecule has 208 valence electrons. The van der Waals surface area contributed by atoms with Gasteiger partial charge in [0.2, 0.25) is 0 Å². The highest BCUT2D eigenvalue weighted by Crippen LogP contribution is 2.43. The molecule has 0 amide bonds. The molecule has 0 saturated heterocycles. The van der Waals surface area contributed by atoms with Gasteiger partial charge in [-0.1, -0.05) is 75.2 Å². The summed E-state index contributed by atoms with van der Waals surface area (Å²) in [6.45, 7) is 3.80. The van der Waals surface area contributed by atoms with E-state index in [1.54, 1.807) is 19.1 Å². The highest BCUT2D eigenvalue weighted by Gasteiger charge is 2.29. The van der Waals surface area contributed by atoms with E-state index < -0.39 is 34.9 Å². The van der Waals surface area contributed by atoms with Gasteiger partial charge in [0.15, 0.2) is 34.9 Å². The summed E-state index contributed by atoms with van der Waals surface area (Å²) in [6.07, 6.45) is 8.11. The van der Waals surface area contributed by atoms with E-state index in [1.807, 2.05) is 6.92 Å². The van der Waals surface area contributed by atoms with Gasteiger partial charge in [0, 0.05) is 11.1 Å². The van der Waals surface area contributed by atoms with E-state index in [1.165, 1.54) is 36.4 Å². The van der Waals surface area contributed by atoms with Gasteiger partial charge in [-0.15, -0.1) is 0 Å². The van der Waals surface area contributed by atoms with Gasteiger partial charge >= 0.3 is 0 Å². The van der Waals surface area contributed by atoms with Crippen LogP contribution in [0.25, 0.3) is 12.2 Å². The molecule has 1 saturated carbocycles. The first kappa shape index (κ1) is 29.0. The lowest BCUT2D eigenvalue weighted by Gasteiger charge is -2.30. The Kier molecular flexibility index (Phi) is 9.58. The first-order chi connectivity index (χ1) is 18.8. The van der Waals surface area contributed by atoms with Crippen molar-refractivity contribution in [3.05, 3.63) is 105 Å². The second-order valence-corrected chi connectivity index (χ2v) is 10.4. The maximum Gasteiger partial charge on any atom is 0.166 e. The predicted octanol–water partition coefficient (Wildman–Crippen LogP) is 10.4. The van der Waals surface area contributed by atoms with Crippen molar-refractivity contribution in [1.29, 1.82) is 0 Å². The maximum absolute atomic E-state index is 15.1. The maximum atomic E-state index is 15.1. The summed E-state index contributed by atoms with van der Waals surface area (Å²) in [5.41, 5.74) is 1.12. The summed E-state index contributed by atoms with van der Waals surface area (Å²) in [5, 5.41) is 0. The van der Waals surface area contributed by atoms with Crippen LogP contribution in [-0.4, -0.2) is 0 Å². The second-order valence-electron chi connectivity index (χ2n) is 10.4. The minimum absolute atomic E-state index is 0.0374. The number of benzene rings is 3. The standard InChI is InChI=1S/C33H34F6/c1-3-5-6-7-23-12-13-24(30(36)29(23)35)14-15-25-17-19-27(33(39)31(25)37)22-10-8-21(9-11-22)26-18-16-20(4-2)28(34)32(26)38/h12-19,21-22H,3-11H2,1-2H3. The lowest BCUT2D eigenvalue weighted by molar-refractivity contribution is 0.369. The summed E-state index contributed by atoms with van der Waals surface area (Å²) in [6, 6.07) is 9.18. The van der Waals surface area contributed by atoms with Gasteiger partial charge in [-0.05, 0) is 79.0 Å². The van der Waals surface area contributed by atoms with E-state index in [0.29, 0.717) is 55.2 Å². The molecule has 0 spiro atoms. The van der Waals surface area contributed by atoms with Crippen LogP contribution in [0.15, 0.2) is 36.4 Å². The van der Waals surface area contributed by atoms with Crippen molar-refractivity contribution in [3.8, 4) is 0 Å². The molecule has 6 heteroatoms. The summed E-state index contributed by atoms with van der Waals surface area (Å²) < 4.78 is 87.9. The lowest BCUT2D eigenvalue weighted by Crippen LogP contribution is -2.15. The molecule has 3 aromatic carbocycles. The zero-order chi connectivity index (χ0) is 28.1. The summed E-state index contributed by atoms with van der Waals surface area (Å²) >= 11 is 0. The number of aryl methyl sites for hydroxylation is 2. The fourth-order valence-electron chi connectivity index (χ4n) is 5.60. The van der Waals surface area contributed by atoms with Gasteiger partial charge < -0.3 is 0 Å². The van der Waals surface area contributed by atoms with E-state index in [4.69, 9.17) is 0 Å². The molecular formula is C33H34F6. The van der Waals surface area contributed by atoms with E-state index in [2.05, 4.69) is 0 Å². The predicted molar refractivity (Wildman–Crippen MR) is 145 cm³/mol. The average molecular weight is 545 g/mol. The van der Waals surface area contributed by atoms with E-state index in [-0.39, 0.29) is 28.5 Å². The van der Waals surface area contributed by atoms with Crippen molar-refractivity contribution in [3.63, 3.8) is 0 Å². The van der Waals surface area contributed by atoms with Crippen LogP contribution < -0.4 is 0 Å². The van der Waals surface area contributed by atoms with Gasteiger partial charge in [0.05, 0.1) is 0 Å². The SMILES string of the molecule is CCCCCc1ccc(C=Cc2ccc(C3CCC(c4ccc(CC)c(F)c4F)CC3)c(F)c2F)c(F)c1F. The molecule has 0 nitrogen and oxygen atoms in total. The summed E-state index contributed by atoms with van der Waals surface area (Å²) in [5.74, 6) is -5.97. The van der Waals surface area contributed by atoms with Gasteiger partial charge in [-0.2, -0.15) is 0 Å². The molecular weight excluding hydrogens is 510 g/mol. The van der Waals surface area contributed by atoms with Crippen LogP contribution in [0, 0.1) is 34.9 Å². The minimum atomic E-state index is -1.05. The fraction of sp³-hybridized carbons (Fsp3) is 0.394. The zero-order valence-electron chi connectivity index (χ0n) is 22.4. The first-order valence-electron chi connectivity index (χ1n) is 13.9. The van der Waals surface area contributed by atoms with Crippen molar-refractivity contribution < 1.29 is 26.3 Å². The van der Waals surface area contributed by atoms with E-state index in [0.717, 1.165) is 19.3 Å². The molecule has 0 atom stereocenters. The molecule has 1 fully saturated rings. The molecule has 4 rings (SSSR count). The van der Waals surface area contributed by atoms with Crippen molar-refractivity contribution in [2.24, 2.45) is 0 Å². The molecule has 0 bridgehead atoms. The molecule has 0 radical (unpaired) electrons. The van der Waals surface area contributed by atoms with Crippen LogP contribution >= 0.6 is 0 Å². The Bertz CT molecular complexity index is 1330. The van der Waals surface area contributed by atoms with Crippen LogP contribution in [0.3, 0.4) is 0 Å².